The fourth-order valence-electron chi connectivity index (χ4n) is 2.97. The molecule has 1 fully saturated rings. The van der Waals surface area contributed by atoms with Crippen LogP contribution in [0.1, 0.15) is 18.5 Å². The molecule has 2 aromatic heterocycles. The van der Waals surface area contributed by atoms with Crippen LogP contribution in [-0.4, -0.2) is 54.2 Å². The molecule has 1 saturated heterocycles. The summed E-state index contributed by atoms with van der Waals surface area (Å²) in [7, 11) is 1.49. The molecule has 2 aromatic rings. The SMILES string of the molecule is COCC(=O)Cc1cc(-c2cncc(NCC3CCOCC3)n2)c(Cl)cn1. The van der Waals surface area contributed by atoms with E-state index in [0.29, 0.717) is 33.7 Å². The number of ether oxygens (including phenoxy) is 2. The average Bonchev–Trinajstić information content (AvgIpc) is 2.69. The van der Waals surface area contributed by atoms with Crippen LogP contribution in [0.5, 0.6) is 0 Å². The second-order valence-electron chi connectivity index (χ2n) is 6.53. The van der Waals surface area contributed by atoms with Crippen LogP contribution in [0.3, 0.4) is 0 Å². The van der Waals surface area contributed by atoms with Gasteiger partial charge in [-0.15, -0.1) is 0 Å². The molecule has 0 bridgehead atoms. The second-order valence-corrected chi connectivity index (χ2v) is 6.94. The molecule has 0 amide bonds. The first-order chi connectivity index (χ1) is 13.2. The number of carbonyl (C=O) groups is 1. The predicted octanol–water partition coefficient (Wildman–Crippen LogP) is 2.79. The molecule has 1 aliphatic rings. The van der Waals surface area contributed by atoms with Crippen molar-refractivity contribution in [3.8, 4) is 11.3 Å². The molecule has 1 aliphatic heterocycles. The molecule has 3 rings (SSSR count). The zero-order valence-electron chi connectivity index (χ0n) is 15.3. The molecule has 0 saturated carbocycles. The molecule has 1 N–H and O–H groups in total. The number of rotatable bonds is 8. The number of Topliss-reactive ketones (excluding diaryl/α,β-unsaturated/α-hetero) is 1. The maximum absolute atomic E-state index is 11.8. The van der Waals surface area contributed by atoms with Gasteiger partial charge in [-0.05, 0) is 24.8 Å². The highest BCUT2D eigenvalue weighted by Gasteiger charge is 2.15. The Hall–Kier alpha value is -2.09. The summed E-state index contributed by atoms with van der Waals surface area (Å²) in [4.78, 5) is 24.9. The van der Waals surface area contributed by atoms with Gasteiger partial charge < -0.3 is 14.8 Å². The Kier molecular flexibility index (Phi) is 7.09. The molecule has 0 unspecified atom stereocenters. The number of hydrogen-bond acceptors (Lipinski definition) is 7. The molecule has 0 aliphatic carbocycles. The first-order valence-corrected chi connectivity index (χ1v) is 9.32. The van der Waals surface area contributed by atoms with Crippen molar-refractivity contribution in [1.82, 2.24) is 15.0 Å². The van der Waals surface area contributed by atoms with E-state index in [4.69, 9.17) is 21.1 Å². The standard InChI is InChI=1S/C19H23ClN4O3/c1-26-12-15(25)6-14-7-16(17(20)9-22-14)18-10-21-11-19(24-18)23-8-13-2-4-27-5-3-13/h7,9-11,13H,2-6,8,12H2,1H3,(H,23,24). The van der Waals surface area contributed by atoms with Crippen LogP contribution >= 0.6 is 11.6 Å². The summed E-state index contributed by atoms with van der Waals surface area (Å²) in [6, 6.07) is 1.78. The van der Waals surface area contributed by atoms with Gasteiger partial charge in [0, 0.05) is 44.3 Å². The predicted molar refractivity (Wildman–Crippen MR) is 103 cm³/mol. The maximum atomic E-state index is 11.8. The van der Waals surface area contributed by atoms with Gasteiger partial charge in [0.2, 0.25) is 0 Å². The van der Waals surface area contributed by atoms with Crippen LogP contribution in [-0.2, 0) is 20.7 Å². The van der Waals surface area contributed by atoms with Gasteiger partial charge in [-0.25, -0.2) is 4.98 Å². The third-order valence-electron chi connectivity index (χ3n) is 4.42. The van der Waals surface area contributed by atoms with Crippen LogP contribution in [0, 0.1) is 5.92 Å². The largest absolute Gasteiger partial charge is 0.381 e. The fraction of sp³-hybridized carbons (Fsp3) is 0.474. The van der Waals surface area contributed by atoms with E-state index in [-0.39, 0.29) is 18.8 Å². The Labute approximate surface area is 163 Å². The number of nitrogens with one attached hydrogen (secondary N) is 1. The summed E-state index contributed by atoms with van der Waals surface area (Å²) in [6.45, 7) is 2.53. The number of nitrogens with zero attached hydrogens (tertiary/aromatic N) is 3. The zero-order chi connectivity index (χ0) is 19.1. The normalized spacial score (nSPS) is 14.9. The summed E-state index contributed by atoms with van der Waals surface area (Å²) in [6.07, 6.45) is 7.18. The van der Waals surface area contributed by atoms with Crippen molar-refractivity contribution in [2.75, 3.05) is 38.8 Å². The Morgan fingerprint density at radius 2 is 2.15 bits per heavy atom. The number of aromatic nitrogens is 3. The Morgan fingerprint density at radius 3 is 2.93 bits per heavy atom. The van der Waals surface area contributed by atoms with Crippen molar-refractivity contribution >= 4 is 23.2 Å². The quantitative estimate of drug-likeness (QED) is 0.741. The van der Waals surface area contributed by atoms with Crippen molar-refractivity contribution in [3.05, 3.63) is 35.4 Å². The van der Waals surface area contributed by atoms with E-state index in [2.05, 4.69) is 20.3 Å². The van der Waals surface area contributed by atoms with Crippen LogP contribution in [0.4, 0.5) is 5.82 Å². The van der Waals surface area contributed by atoms with Gasteiger partial charge in [0.05, 0.1) is 29.5 Å². The van der Waals surface area contributed by atoms with Crippen molar-refractivity contribution in [2.45, 2.75) is 19.3 Å². The minimum atomic E-state index is -0.0452. The number of hydrogen-bond donors (Lipinski definition) is 1. The number of methoxy groups -OCH3 is 1. The van der Waals surface area contributed by atoms with Gasteiger partial charge in [0.15, 0.2) is 5.78 Å². The summed E-state index contributed by atoms with van der Waals surface area (Å²) in [5.74, 6) is 1.23. The third-order valence-corrected chi connectivity index (χ3v) is 4.72. The van der Waals surface area contributed by atoms with Crippen LogP contribution in [0.2, 0.25) is 5.02 Å². The summed E-state index contributed by atoms with van der Waals surface area (Å²) < 4.78 is 10.3. The van der Waals surface area contributed by atoms with Gasteiger partial charge in [-0.3, -0.25) is 14.8 Å². The molecule has 7 nitrogen and oxygen atoms in total. The van der Waals surface area contributed by atoms with Crippen LogP contribution in [0.25, 0.3) is 11.3 Å². The summed E-state index contributed by atoms with van der Waals surface area (Å²) in [5.41, 5.74) is 1.97. The highest BCUT2D eigenvalue weighted by Crippen LogP contribution is 2.27. The molecule has 144 valence electrons. The molecule has 27 heavy (non-hydrogen) atoms. The molecule has 8 heteroatoms. The van der Waals surface area contributed by atoms with E-state index in [1.807, 2.05) is 0 Å². The third kappa shape index (κ3) is 5.69. The van der Waals surface area contributed by atoms with Crippen molar-refractivity contribution in [3.63, 3.8) is 0 Å². The Balaban J connectivity index is 1.72. The Morgan fingerprint density at radius 1 is 1.33 bits per heavy atom. The number of ketones is 1. The highest BCUT2D eigenvalue weighted by molar-refractivity contribution is 6.33. The lowest BCUT2D eigenvalue weighted by Gasteiger charge is -2.22. The van der Waals surface area contributed by atoms with Crippen molar-refractivity contribution in [2.24, 2.45) is 5.92 Å². The summed E-state index contributed by atoms with van der Waals surface area (Å²) in [5, 5.41) is 3.82. The van der Waals surface area contributed by atoms with Gasteiger partial charge >= 0.3 is 0 Å². The highest BCUT2D eigenvalue weighted by atomic mass is 35.5. The van der Waals surface area contributed by atoms with E-state index in [1.54, 1.807) is 18.5 Å². The van der Waals surface area contributed by atoms with E-state index in [9.17, 15) is 4.79 Å². The van der Waals surface area contributed by atoms with E-state index in [0.717, 1.165) is 32.6 Å². The lowest BCUT2D eigenvalue weighted by Crippen LogP contribution is -2.23. The smallest absolute Gasteiger partial charge is 0.164 e. The number of anilines is 1. The molecule has 0 radical (unpaired) electrons. The maximum Gasteiger partial charge on any atom is 0.164 e. The number of pyridine rings is 1. The Bertz CT molecular complexity index is 781. The fourth-order valence-corrected chi connectivity index (χ4v) is 3.17. The zero-order valence-corrected chi connectivity index (χ0v) is 16.0. The van der Waals surface area contributed by atoms with Gasteiger partial charge in [-0.2, -0.15) is 0 Å². The molecule has 0 aromatic carbocycles. The topological polar surface area (TPSA) is 86.2 Å². The average molecular weight is 391 g/mol. The van der Waals surface area contributed by atoms with Gasteiger partial charge in [0.25, 0.3) is 0 Å². The van der Waals surface area contributed by atoms with E-state index < -0.39 is 0 Å². The molecule has 0 atom stereocenters. The lowest BCUT2D eigenvalue weighted by molar-refractivity contribution is -0.122. The van der Waals surface area contributed by atoms with Crippen molar-refractivity contribution in [1.29, 1.82) is 0 Å². The van der Waals surface area contributed by atoms with Gasteiger partial charge in [0.1, 0.15) is 12.4 Å². The second kappa shape index (κ2) is 9.73. The van der Waals surface area contributed by atoms with Crippen molar-refractivity contribution < 1.29 is 14.3 Å². The first-order valence-electron chi connectivity index (χ1n) is 8.95. The van der Waals surface area contributed by atoms with Gasteiger partial charge in [-0.1, -0.05) is 11.6 Å². The molecular weight excluding hydrogens is 368 g/mol. The van der Waals surface area contributed by atoms with E-state index >= 15 is 0 Å². The molecule has 0 spiro atoms. The monoisotopic (exact) mass is 390 g/mol. The number of halogens is 1. The first kappa shape index (κ1) is 19.7. The van der Waals surface area contributed by atoms with E-state index in [1.165, 1.54) is 13.3 Å². The minimum Gasteiger partial charge on any atom is -0.381 e. The number of carbonyl (C=O) groups excluding carboxylic acids is 1. The minimum absolute atomic E-state index is 0.0452. The summed E-state index contributed by atoms with van der Waals surface area (Å²) >= 11 is 6.31. The van der Waals surface area contributed by atoms with Crippen LogP contribution in [0.15, 0.2) is 24.7 Å². The molecule has 3 heterocycles. The lowest BCUT2D eigenvalue weighted by atomic mass is 10.0. The van der Waals surface area contributed by atoms with Crippen LogP contribution < -0.4 is 5.32 Å². The molecular formula is C19H23ClN4O3.